The quantitative estimate of drug-likeness (QED) is 0.602. The molecule has 0 unspecified atom stereocenters. The zero-order valence-electron chi connectivity index (χ0n) is 14.2. The second kappa shape index (κ2) is 7.09. The highest BCUT2D eigenvalue weighted by Gasteiger charge is 2.72. The lowest BCUT2D eigenvalue weighted by molar-refractivity contribution is -0.294. The number of halogens is 6. The van der Waals surface area contributed by atoms with E-state index in [1.165, 1.54) is 23.5 Å². The van der Waals surface area contributed by atoms with E-state index >= 15 is 0 Å². The number of carbonyl (C=O) groups excluding carboxylic acids is 1. The van der Waals surface area contributed by atoms with Crippen molar-refractivity contribution in [2.24, 2.45) is 0 Å². The van der Waals surface area contributed by atoms with Crippen LogP contribution in [-0.2, 0) is 0 Å². The number of rotatable bonds is 4. The molecule has 2 rings (SSSR count). The predicted molar refractivity (Wildman–Crippen MR) is 86.1 cm³/mol. The lowest BCUT2D eigenvalue weighted by Gasteiger charge is -2.38. The van der Waals surface area contributed by atoms with E-state index in [2.05, 4.69) is 4.98 Å². The highest BCUT2D eigenvalue weighted by atomic mass is 19.4. The Kier molecular flexibility index (Phi) is 5.39. The fourth-order valence-corrected chi connectivity index (χ4v) is 2.24. The van der Waals surface area contributed by atoms with Crippen LogP contribution in [0.4, 0.5) is 32.2 Å². The van der Waals surface area contributed by atoms with Crippen LogP contribution in [-0.4, -0.2) is 28.9 Å². The molecule has 2 aromatic rings. The average Bonchev–Trinajstić information content (AvgIpc) is 2.54. The Hall–Kier alpha value is -2.78. The maximum absolute atomic E-state index is 13.6. The minimum atomic E-state index is -5.91. The molecule has 10 heteroatoms. The molecule has 0 aliphatic carbocycles. The summed E-state index contributed by atoms with van der Waals surface area (Å²) >= 11 is 0. The van der Waals surface area contributed by atoms with Gasteiger partial charge in [-0.15, -0.1) is 0 Å². The van der Waals surface area contributed by atoms with Crippen molar-refractivity contribution in [3.8, 4) is 0 Å². The summed E-state index contributed by atoms with van der Waals surface area (Å²) in [6, 6.07) is 7.44. The summed E-state index contributed by atoms with van der Waals surface area (Å²) in [6.07, 6.45) is -10.7. The molecule has 27 heavy (non-hydrogen) atoms. The van der Waals surface area contributed by atoms with Gasteiger partial charge in [-0.05, 0) is 37.6 Å². The number of hydrogen-bond donors (Lipinski definition) is 2. The third-order valence-corrected chi connectivity index (χ3v) is 3.66. The van der Waals surface area contributed by atoms with Crippen LogP contribution in [0.25, 0.3) is 0 Å². The summed E-state index contributed by atoms with van der Waals surface area (Å²) in [5.41, 5.74) is -4.02. The number of amides is 1. The number of nitrogens with zero attached hydrogens (tertiary/aromatic N) is 1. The van der Waals surface area contributed by atoms with Crippen molar-refractivity contribution < 1.29 is 31.1 Å². The third-order valence-electron chi connectivity index (χ3n) is 3.66. The predicted octanol–water partition coefficient (Wildman–Crippen LogP) is 4.36. The van der Waals surface area contributed by atoms with Crippen molar-refractivity contribution >= 4 is 11.7 Å². The van der Waals surface area contributed by atoms with Crippen molar-refractivity contribution in [3.63, 3.8) is 0 Å². The molecule has 0 spiro atoms. The SMILES string of the molecule is Cc1ccc(NC(NC(=O)c2cccc(C)c2)(C(F)(F)F)C(F)(F)F)nc1. The minimum absolute atomic E-state index is 0.341. The van der Waals surface area contributed by atoms with Gasteiger partial charge in [-0.3, -0.25) is 4.79 Å². The van der Waals surface area contributed by atoms with Gasteiger partial charge in [0.05, 0.1) is 0 Å². The first-order valence-electron chi connectivity index (χ1n) is 7.59. The maximum atomic E-state index is 13.6. The number of aromatic nitrogens is 1. The first-order chi connectivity index (χ1) is 12.4. The highest BCUT2D eigenvalue weighted by molar-refractivity contribution is 5.95. The summed E-state index contributed by atoms with van der Waals surface area (Å²) in [7, 11) is 0. The lowest BCUT2D eigenvalue weighted by atomic mass is 10.1. The topological polar surface area (TPSA) is 54.0 Å². The number of pyridine rings is 1. The summed E-state index contributed by atoms with van der Waals surface area (Å²) in [5, 5.41) is 2.40. The Labute approximate surface area is 150 Å². The summed E-state index contributed by atoms with van der Waals surface area (Å²) < 4.78 is 81.4. The number of hydrogen-bond acceptors (Lipinski definition) is 3. The second-order valence-electron chi connectivity index (χ2n) is 5.91. The van der Waals surface area contributed by atoms with Crippen molar-refractivity contribution in [2.45, 2.75) is 31.9 Å². The van der Waals surface area contributed by atoms with Gasteiger partial charge < -0.3 is 10.6 Å². The standard InChI is InChI=1S/C17H15F6N3O/c1-10-4-3-5-12(8-10)14(27)26-15(16(18,19)20,17(21,22)23)25-13-7-6-11(2)9-24-13/h3-9H,1-2H3,(H,24,25)(H,26,27). The second-order valence-corrected chi connectivity index (χ2v) is 5.91. The zero-order chi connectivity index (χ0) is 20.5. The largest absolute Gasteiger partial charge is 0.439 e. The molecular formula is C17H15F6N3O. The van der Waals surface area contributed by atoms with E-state index in [0.29, 0.717) is 11.1 Å². The van der Waals surface area contributed by atoms with E-state index in [0.717, 1.165) is 23.6 Å². The van der Waals surface area contributed by atoms with E-state index in [1.807, 2.05) is 0 Å². The number of nitrogens with one attached hydrogen (secondary N) is 2. The highest BCUT2D eigenvalue weighted by Crippen LogP contribution is 2.43. The molecule has 0 radical (unpaired) electrons. The Morgan fingerprint density at radius 2 is 1.56 bits per heavy atom. The first-order valence-corrected chi connectivity index (χ1v) is 7.59. The van der Waals surface area contributed by atoms with Crippen LogP contribution < -0.4 is 10.6 Å². The minimum Gasteiger partial charge on any atom is -0.332 e. The Bertz CT molecular complexity index is 801. The van der Waals surface area contributed by atoms with Crippen LogP contribution in [0.1, 0.15) is 21.5 Å². The van der Waals surface area contributed by atoms with Gasteiger partial charge in [0.25, 0.3) is 5.91 Å². The van der Waals surface area contributed by atoms with E-state index in [1.54, 1.807) is 19.9 Å². The lowest BCUT2D eigenvalue weighted by Crippen LogP contribution is -2.72. The van der Waals surface area contributed by atoms with Crippen molar-refractivity contribution in [2.75, 3.05) is 5.32 Å². The Balaban J connectivity index is 2.51. The van der Waals surface area contributed by atoms with Crippen LogP contribution >= 0.6 is 0 Å². The molecule has 0 saturated heterocycles. The van der Waals surface area contributed by atoms with Crippen molar-refractivity contribution in [3.05, 3.63) is 59.3 Å². The van der Waals surface area contributed by atoms with Crippen LogP contribution in [0, 0.1) is 13.8 Å². The van der Waals surface area contributed by atoms with Gasteiger partial charge >= 0.3 is 18.0 Å². The summed E-state index contributed by atoms with van der Waals surface area (Å²) in [4.78, 5) is 15.7. The van der Waals surface area contributed by atoms with E-state index in [4.69, 9.17) is 0 Å². The zero-order valence-corrected chi connectivity index (χ0v) is 14.2. The van der Waals surface area contributed by atoms with Crippen molar-refractivity contribution in [1.82, 2.24) is 10.3 Å². The van der Waals surface area contributed by atoms with Crippen LogP contribution in [0.3, 0.4) is 0 Å². The maximum Gasteiger partial charge on any atom is 0.439 e. The van der Waals surface area contributed by atoms with Gasteiger partial charge in [0.2, 0.25) is 0 Å². The van der Waals surface area contributed by atoms with E-state index in [-0.39, 0.29) is 5.56 Å². The fourth-order valence-electron chi connectivity index (χ4n) is 2.24. The normalized spacial score (nSPS) is 12.6. The average molecular weight is 391 g/mol. The molecule has 146 valence electrons. The number of aryl methyl sites for hydroxylation is 2. The van der Waals surface area contributed by atoms with Crippen LogP contribution in [0.5, 0.6) is 0 Å². The first kappa shape index (κ1) is 20.5. The Morgan fingerprint density at radius 3 is 2.04 bits per heavy atom. The summed E-state index contributed by atoms with van der Waals surface area (Å²) in [6.45, 7) is 3.11. The molecule has 1 heterocycles. The van der Waals surface area contributed by atoms with Gasteiger partial charge in [0.15, 0.2) is 0 Å². The van der Waals surface area contributed by atoms with Gasteiger partial charge in [-0.1, -0.05) is 23.8 Å². The molecule has 4 nitrogen and oxygen atoms in total. The molecular weight excluding hydrogens is 376 g/mol. The van der Waals surface area contributed by atoms with Crippen LogP contribution in [0.15, 0.2) is 42.6 Å². The summed E-state index contributed by atoms with van der Waals surface area (Å²) in [5.74, 6) is -2.23. The van der Waals surface area contributed by atoms with Gasteiger partial charge in [-0.25, -0.2) is 4.98 Å². The number of anilines is 1. The van der Waals surface area contributed by atoms with Gasteiger partial charge in [-0.2, -0.15) is 26.3 Å². The molecule has 0 saturated carbocycles. The van der Waals surface area contributed by atoms with Gasteiger partial charge in [0.1, 0.15) is 5.82 Å². The monoisotopic (exact) mass is 391 g/mol. The van der Waals surface area contributed by atoms with E-state index in [9.17, 15) is 31.1 Å². The molecule has 0 fully saturated rings. The van der Waals surface area contributed by atoms with E-state index < -0.39 is 29.7 Å². The molecule has 1 aromatic heterocycles. The molecule has 0 aliphatic heterocycles. The Morgan fingerprint density at radius 1 is 0.926 bits per heavy atom. The van der Waals surface area contributed by atoms with Crippen molar-refractivity contribution in [1.29, 1.82) is 0 Å². The molecule has 2 N–H and O–H groups in total. The molecule has 1 amide bonds. The molecule has 0 bridgehead atoms. The molecule has 1 aromatic carbocycles. The van der Waals surface area contributed by atoms with Crippen LogP contribution in [0.2, 0.25) is 0 Å². The number of alkyl halides is 6. The number of carbonyl (C=O) groups is 1. The molecule has 0 atom stereocenters. The molecule has 0 aliphatic rings. The number of benzene rings is 1. The third kappa shape index (κ3) is 4.32. The smallest absolute Gasteiger partial charge is 0.332 e. The van der Waals surface area contributed by atoms with Gasteiger partial charge in [0, 0.05) is 11.8 Å². The fraction of sp³-hybridized carbons (Fsp3) is 0.294.